The SMILES string of the molecule is CNC(C)c1cc(F)c(C)cc1N(C)CC(C)(C)O. The molecule has 0 spiro atoms. The van der Waals surface area contributed by atoms with Crippen molar-refractivity contribution < 1.29 is 9.50 Å². The van der Waals surface area contributed by atoms with Gasteiger partial charge in [0.15, 0.2) is 0 Å². The van der Waals surface area contributed by atoms with Crippen LogP contribution in [0.5, 0.6) is 0 Å². The molecule has 108 valence electrons. The summed E-state index contributed by atoms with van der Waals surface area (Å²) in [7, 11) is 3.76. The first-order chi connectivity index (χ1) is 8.65. The monoisotopic (exact) mass is 268 g/mol. The molecule has 3 nitrogen and oxygen atoms in total. The van der Waals surface area contributed by atoms with E-state index in [-0.39, 0.29) is 11.9 Å². The highest BCUT2D eigenvalue weighted by atomic mass is 19.1. The standard InChI is InChI=1S/C15H25FN2O/c1-10-7-14(18(6)9-15(3,4)19)12(8-13(10)16)11(2)17-5/h7-8,11,17,19H,9H2,1-6H3. The van der Waals surface area contributed by atoms with Gasteiger partial charge in [-0.2, -0.15) is 0 Å². The fourth-order valence-electron chi connectivity index (χ4n) is 2.18. The molecule has 0 heterocycles. The lowest BCUT2D eigenvalue weighted by molar-refractivity contribution is 0.0885. The van der Waals surface area contributed by atoms with E-state index in [1.807, 2.05) is 32.0 Å². The number of anilines is 1. The molecule has 0 aromatic heterocycles. The van der Waals surface area contributed by atoms with Crippen molar-refractivity contribution in [1.29, 1.82) is 0 Å². The van der Waals surface area contributed by atoms with Gasteiger partial charge in [0.1, 0.15) is 5.82 Å². The molecule has 0 aliphatic heterocycles. The van der Waals surface area contributed by atoms with Crippen LogP contribution in [0.1, 0.15) is 37.9 Å². The average molecular weight is 268 g/mol. The number of likely N-dealkylation sites (N-methyl/N-ethyl adjacent to an activating group) is 1. The van der Waals surface area contributed by atoms with E-state index >= 15 is 0 Å². The largest absolute Gasteiger partial charge is 0.389 e. The van der Waals surface area contributed by atoms with Gasteiger partial charge in [0, 0.05) is 25.3 Å². The van der Waals surface area contributed by atoms with Gasteiger partial charge in [0.25, 0.3) is 0 Å². The first kappa shape index (κ1) is 15.9. The summed E-state index contributed by atoms with van der Waals surface area (Å²) in [4.78, 5) is 1.97. The highest BCUT2D eigenvalue weighted by molar-refractivity contribution is 5.56. The van der Waals surface area contributed by atoms with Crippen molar-refractivity contribution in [2.24, 2.45) is 0 Å². The minimum Gasteiger partial charge on any atom is -0.389 e. The highest BCUT2D eigenvalue weighted by Gasteiger charge is 2.20. The van der Waals surface area contributed by atoms with E-state index < -0.39 is 5.60 Å². The minimum atomic E-state index is -0.794. The van der Waals surface area contributed by atoms with Crippen molar-refractivity contribution in [3.63, 3.8) is 0 Å². The van der Waals surface area contributed by atoms with E-state index in [9.17, 15) is 9.50 Å². The summed E-state index contributed by atoms with van der Waals surface area (Å²) in [5.41, 5.74) is 1.67. The Morgan fingerprint density at radius 2 is 2.00 bits per heavy atom. The van der Waals surface area contributed by atoms with Crippen molar-refractivity contribution in [3.8, 4) is 0 Å². The van der Waals surface area contributed by atoms with E-state index in [0.29, 0.717) is 12.1 Å². The van der Waals surface area contributed by atoms with Gasteiger partial charge in [-0.15, -0.1) is 0 Å². The molecule has 1 atom stereocenters. The second-order valence-electron chi connectivity index (χ2n) is 5.84. The van der Waals surface area contributed by atoms with Crippen LogP contribution in [0.3, 0.4) is 0 Å². The maximum Gasteiger partial charge on any atom is 0.126 e. The lowest BCUT2D eigenvalue weighted by Gasteiger charge is -2.30. The number of rotatable bonds is 5. The molecule has 0 aliphatic rings. The summed E-state index contributed by atoms with van der Waals surface area (Å²) in [6, 6.07) is 3.46. The summed E-state index contributed by atoms with van der Waals surface area (Å²) in [6.45, 7) is 7.76. The van der Waals surface area contributed by atoms with E-state index in [2.05, 4.69) is 5.32 Å². The molecule has 19 heavy (non-hydrogen) atoms. The third-order valence-electron chi connectivity index (χ3n) is 3.24. The molecule has 2 N–H and O–H groups in total. The molecule has 0 radical (unpaired) electrons. The normalized spacial score (nSPS) is 13.5. The third-order valence-corrected chi connectivity index (χ3v) is 3.24. The van der Waals surface area contributed by atoms with Crippen molar-refractivity contribution in [2.75, 3.05) is 25.5 Å². The predicted molar refractivity (Wildman–Crippen MR) is 78.2 cm³/mol. The lowest BCUT2D eigenvalue weighted by Crippen LogP contribution is -2.37. The number of hydrogen-bond donors (Lipinski definition) is 2. The molecule has 0 fully saturated rings. The van der Waals surface area contributed by atoms with Crippen LogP contribution in [0.25, 0.3) is 0 Å². The molecule has 0 amide bonds. The van der Waals surface area contributed by atoms with E-state index in [1.165, 1.54) is 0 Å². The van der Waals surface area contributed by atoms with Gasteiger partial charge in [-0.1, -0.05) is 0 Å². The first-order valence-corrected chi connectivity index (χ1v) is 6.56. The van der Waals surface area contributed by atoms with Crippen LogP contribution < -0.4 is 10.2 Å². The summed E-state index contributed by atoms with van der Waals surface area (Å²) >= 11 is 0. The number of nitrogens with one attached hydrogen (secondary N) is 1. The van der Waals surface area contributed by atoms with Crippen molar-refractivity contribution >= 4 is 5.69 Å². The van der Waals surface area contributed by atoms with Crippen LogP contribution in [0, 0.1) is 12.7 Å². The van der Waals surface area contributed by atoms with Crippen molar-refractivity contribution in [3.05, 3.63) is 29.1 Å². The maximum absolute atomic E-state index is 13.8. The summed E-state index contributed by atoms with van der Waals surface area (Å²) in [5.74, 6) is -0.197. The van der Waals surface area contributed by atoms with Crippen LogP contribution in [-0.4, -0.2) is 31.3 Å². The van der Waals surface area contributed by atoms with Gasteiger partial charge in [-0.05, 0) is 58.0 Å². The molecule has 0 aliphatic carbocycles. The summed E-state index contributed by atoms with van der Waals surface area (Å²) in [6.07, 6.45) is 0. The molecule has 1 aromatic rings. The molecule has 1 unspecified atom stereocenters. The Hall–Kier alpha value is -1.13. The Morgan fingerprint density at radius 1 is 1.42 bits per heavy atom. The smallest absolute Gasteiger partial charge is 0.126 e. The van der Waals surface area contributed by atoms with Crippen LogP contribution in [0.2, 0.25) is 0 Å². The zero-order chi connectivity index (χ0) is 14.8. The fraction of sp³-hybridized carbons (Fsp3) is 0.600. The van der Waals surface area contributed by atoms with Crippen LogP contribution in [-0.2, 0) is 0 Å². The number of halogens is 1. The predicted octanol–water partition coefficient (Wildman–Crippen LogP) is 2.62. The molecular weight excluding hydrogens is 243 g/mol. The molecule has 1 rings (SSSR count). The fourth-order valence-corrected chi connectivity index (χ4v) is 2.18. The zero-order valence-electron chi connectivity index (χ0n) is 12.7. The van der Waals surface area contributed by atoms with E-state index in [1.54, 1.807) is 26.8 Å². The molecule has 0 saturated carbocycles. The van der Waals surface area contributed by atoms with Gasteiger partial charge in [-0.25, -0.2) is 4.39 Å². The van der Waals surface area contributed by atoms with Gasteiger partial charge in [-0.3, -0.25) is 0 Å². The van der Waals surface area contributed by atoms with E-state index in [0.717, 1.165) is 11.3 Å². The first-order valence-electron chi connectivity index (χ1n) is 6.56. The average Bonchev–Trinajstić information content (AvgIpc) is 2.28. The molecule has 4 heteroatoms. The van der Waals surface area contributed by atoms with E-state index in [4.69, 9.17) is 0 Å². The Kier molecular flexibility index (Phi) is 4.93. The topological polar surface area (TPSA) is 35.5 Å². The quantitative estimate of drug-likeness (QED) is 0.861. The highest BCUT2D eigenvalue weighted by Crippen LogP contribution is 2.29. The number of benzene rings is 1. The second-order valence-corrected chi connectivity index (χ2v) is 5.84. The molecule has 0 saturated heterocycles. The van der Waals surface area contributed by atoms with Crippen LogP contribution in [0.15, 0.2) is 12.1 Å². The molecule has 1 aromatic carbocycles. The van der Waals surface area contributed by atoms with Gasteiger partial charge in [0.05, 0.1) is 5.60 Å². The van der Waals surface area contributed by atoms with Crippen LogP contribution in [0.4, 0.5) is 10.1 Å². The number of nitrogens with zero attached hydrogens (tertiary/aromatic N) is 1. The van der Waals surface area contributed by atoms with Crippen molar-refractivity contribution in [2.45, 2.75) is 39.3 Å². The molecule has 0 bridgehead atoms. The Balaban J connectivity index is 3.20. The van der Waals surface area contributed by atoms with Crippen molar-refractivity contribution in [1.82, 2.24) is 5.32 Å². The summed E-state index contributed by atoms with van der Waals surface area (Å²) < 4.78 is 13.8. The lowest BCUT2D eigenvalue weighted by atomic mass is 10.0. The Morgan fingerprint density at radius 3 is 2.47 bits per heavy atom. The number of aliphatic hydroxyl groups is 1. The van der Waals surface area contributed by atoms with Crippen LogP contribution >= 0.6 is 0 Å². The Labute approximate surface area is 115 Å². The third kappa shape index (κ3) is 4.18. The van der Waals surface area contributed by atoms with Gasteiger partial charge < -0.3 is 15.3 Å². The molecular formula is C15H25FN2O. The minimum absolute atomic E-state index is 0.0503. The van der Waals surface area contributed by atoms with Gasteiger partial charge >= 0.3 is 0 Å². The number of aryl methyl sites for hydroxylation is 1. The van der Waals surface area contributed by atoms with Gasteiger partial charge in [0.2, 0.25) is 0 Å². The zero-order valence-corrected chi connectivity index (χ0v) is 12.7. The Bertz CT molecular complexity index is 441. The number of hydrogen-bond acceptors (Lipinski definition) is 3. The second kappa shape index (κ2) is 5.88. The summed E-state index contributed by atoms with van der Waals surface area (Å²) in [5, 5.41) is 13.1. The maximum atomic E-state index is 13.8.